The molecule has 1 aromatic carbocycles. The number of aromatic nitrogens is 1. The number of thiazole rings is 1. The van der Waals surface area contributed by atoms with Crippen LogP contribution in [0.3, 0.4) is 0 Å². The molecule has 0 saturated heterocycles. The molecule has 1 amide bonds. The molecule has 2 aromatic rings. The molecule has 1 aromatic heterocycles. The molecule has 2 rings (SSSR count). The standard InChI is InChI=1S/C13H13FN2O3S/c1-6(2)12(19)16-13-15-8(5-20-13)7-3-4-9(17)10(14)11(7)18/h3-6,17-18H,1-2H3,(H,15,16,19). The summed E-state index contributed by atoms with van der Waals surface area (Å²) in [6, 6.07) is 2.49. The lowest BCUT2D eigenvalue weighted by Gasteiger charge is -2.05. The zero-order valence-corrected chi connectivity index (χ0v) is 11.7. The predicted octanol–water partition coefficient (Wildman–Crippen LogP) is 2.95. The van der Waals surface area contributed by atoms with Gasteiger partial charge in [0.2, 0.25) is 11.7 Å². The van der Waals surface area contributed by atoms with Crippen LogP contribution >= 0.6 is 11.3 Å². The van der Waals surface area contributed by atoms with Crippen LogP contribution in [0.25, 0.3) is 11.3 Å². The summed E-state index contributed by atoms with van der Waals surface area (Å²) in [5.41, 5.74) is 0.479. The molecule has 0 aliphatic carbocycles. The van der Waals surface area contributed by atoms with Crippen molar-refractivity contribution in [1.29, 1.82) is 0 Å². The Morgan fingerprint density at radius 1 is 1.40 bits per heavy atom. The molecule has 0 fully saturated rings. The van der Waals surface area contributed by atoms with E-state index in [9.17, 15) is 14.3 Å². The third-order valence-corrected chi connectivity index (χ3v) is 3.39. The molecule has 0 unspecified atom stereocenters. The van der Waals surface area contributed by atoms with Crippen LogP contribution < -0.4 is 5.32 Å². The molecule has 0 atom stereocenters. The van der Waals surface area contributed by atoms with Crippen LogP contribution in [0.5, 0.6) is 11.5 Å². The van der Waals surface area contributed by atoms with Gasteiger partial charge in [0.25, 0.3) is 0 Å². The van der Waals surface area contributed by atoms with Gasteiger partial charge in [0.15, 0.2) is 16.6 Å². The van der Waals surface area contributed by atoms with Crippen molar-refractivity contribution in [3.63, 3.8) is 0 Å². The number of anilines is 1. The van der Waals surface area contributed by atoms with Gasteiger partial charge in [-0.05, 0) is 12.1 Å². The van der Waals surface area contributed by atoms with Gasteiger partial charge in [-0.25, -0.2) is 4.98 Å². The van der Waals surface area contributed by atoms with Gasteiger partial charge in [-0.15, -0.1) is 11.3 Å². The van der Waals surface area contributed by atoms with E-state index in [4.69, 9.17) is 5.11 Å². The fourth-order valence-electron chi connectivity index (χ4n) is 1.47. The Kier molecular flexibility index (Phi) is 3.89. The third-order valence-electron chi connectivity index (χ3n) is 2.63. The minimum absolute atomic E-state index is 0.154. The minimum Gasteiger partial charge on any atom is -0.505 e. The summed E-state index contributed by atoms with van der Waals surface area (Å²) in [4.78, 5) is 15.6. The number of benzene rings is 1. The van der Waals surface area contributed by atoms with Crippen molar-refractivity contribution in [1.82, 2.24) is 4.98 Å². The fraction of sp³-hybridized carbons (Fsp3) is 0.231. The summed E-state index contributed by atoms with van der Waals surface area (Å²) < 4.78 is 13.4. The van der Waals surface area contributed by atoms with Crippen LogP contribution in [-0.2, 0) is 4.79 Å². The highest BCUT2D eigenvalue weighted by Crippen LogP contribution is 2.36. The van der Waals surface area contributed by atoms with Crippen molar-refractivity contribution in [2.24, 2.45) is 5.92 Å². The van der Waals surface area contributed by atoms with Crippen molar-refractivity contribution in [2.45, 2.75) is 13.8 Å². The highest BCUT2D eigenvalue weighted by molar-refractivity contribution is 7.14. The van der Waals surface area contributed by atoms with Crippen LogP contribution in [0.1, 0.15) is 13.8 Å². The SMILES string of the molecule is CC(C)C(=O)Nc1nc(-c2ccc(O)c(F)c2O)cs1. The number of phenols is 2. The molecule has 1 heterocycles. The van der Waals surface area contributed by atoms with Crippen molar-refractivity contribution in [3.8, 4) is 22.8 Å². The fourth-order valence-corrected chi connectivity index (χ4v) is 2.18. The Labute approximate surface area is 118 Å². The number of halogens is 1. The monoisotopic (exact) mass is 296 g/mol. The molecule has 106 valence electrons. The van der Waals surface area contributed by atoms with E-state index in [2.05, 4.69) is 10.3 Å². The average molecular weight is 296 g/mol. The molecular formula is C13H13FN2O3S. The Morgan fingerprint density at radius 2 is 2.10 bits per heavy atom. The lowest BCUT2D eigenvalue weighted by Crippen LogP contribution is -2.17. The molecule has 0 aliphatic rings. The third kappa shape index (κ3) is 2.72. The van der Waals surface area contributed by atoms with Crippen molar-refractivity contribution < 1.29 is 19.4 Å². The number of hydrogen-bond acceptors (Lipinski definition) is 5. The van der Waals surface area contributed by atoms with Crippen molar-refractivity contribution in [2.75, 3.05) is 5.32 Å². The van der Waals surface area contributed by atoms with E-state index < -0.39 is 17.3 Å². The van der Waals surface area contributed by atoms with Gasteiger partial charge >= 0.3 is 0 Å². The van der Waals surface area contributed by atoms with Crippen LogP contribution in [-0.4, -0.2) is 21.1 Å². The molecule has 0 bridgehead atoms. The number of nitrogens with one attached hydrogen (secondary N) is 1. The van der Waals surface area contributed by atoms with Gasteiger partial charge in [0.1, 0.15) is 0 Å². The molecule has 0 spiro atoms. The van der Waals surface area contributed by atoms with E-state index in [0.717, 1.165) is 6.07 Å². The van der Waals surface area contributed by atoms with Crippen molar-refractivity contribution in [3.05, 3.63) is 23.3 Å². The van der Waals surface area contributed by atoms with Crippen LogP contribution in [0.4, 0.5) is 9.52 Å². The van der Waals surface area contributed by atoms with E-state index in [-0.39, 0.29) is 17.4 Å². The number of amides is 1. The first kappa shape index (κ1) is 14.3. The van der Waals surface area contributed by atoms with Gasteiger partial charge in [-0.2, -0.15) is 4.39 Å². The highest BCUT2D eigenvalue weighted by Gasteiger charge is 2.16. The highest BCUT2D eigenvalue weighted by atomic mass is 32.1. The number of phenolic OH excluding ortho intramolecular Hbond substituents is 2. The summed E-state index contributed by atoms with van der Waals surface area (Å²) in [6.07, 6.45) is 0. The molecule has 0 aliphatic heterocycles. The smallest absolute Gasteiger partial charge is 0.228 e. The van der Waals surface area contributed by atoms with Gasteiger partial charge < -0.3 is 15.5 Å². The summed E-state index contributed by atoms with van der Waals surface area (Å²) in [7, 11) is 0. The van der Waals surface area contributed by atoms with E-state index in [1.54, 1.807) is 19.2 Å². The van der Waals surface area contributed by atoms with Gasteiger partial charge in [0.05, 0.1) is 5.69 Å². The Hall–Kier alpha value is -2.15. The molecule has 7 heteroatoms. The van der Waals surface area contributed by atoms with E-state index >= 15 is 0 Å². The summed E-state index contributed by atoms with van der Waals surface area (Å²) in [5.74, 6) is -2.75. The number of nitrogens with zero attached hydrogens (tertiary/aromatic N) is 1. The molecule has 0 saturated carbocycles. The lowest BCUT2D eigenvalue weighted by atomic mass is 10.1. The molecule has 5 nitrogen and oxygen atoms in total. The Morgan fingerprint density at radius 3 is 2.75 bits per heavy atom. The first-order valence-corrected chi connectivity index (χ1v) is 6.75. The maximum atomic E-state index is 13.4. The quantitative estimate of drug-likeness (QED) is 0.813. The summed E-state index contributed by atoms with van der Waals surface area (Å²) in [5, 5.41) is 23.4. The second-order valence-electron chi connectivity index (χ2n) is 4.48. The van der Waals surface area contributed by atoms with Crippen LogP contribution in [0, 0.1) is 11.7 Å². The summed E-state index contributed by atoms with van der Waals surface area (Å²) >= 11 is 1.17. The van der Waals surface area contributed by atoms with E-state index in [1.807, 2.05) is 0 Å². The number of hydrogen-bond donors (Lipinski definition) is 3. The zero-order chi connectivity index (χ0) is 14.9. The number of aromatic hydroxyl groups is 2. The first-order valence-electron chi connectivity index (χ1n) is 5.87. The second kappa shape index (κ2) is 5.46. The molecular weight excluding hydrogens is 283 g/mol. The van der Waals surface area contributed by atoms with Crippen molar-refractivity contribution >= 4 is 22.4 Å². The topological polar surface area (TPSA) is 82.5 Å². The number of rotatable bonds is 3. The number of carbonyl (C=O) groups is 1. The molecule has 0 radical (unpaired) electrons. The number of carbonyl (C=O) groups excluding carboxylic acids is 1. The molecule has 3 N–H and O–H groups in total. The van der Waals surface area contributed by atoms with Crippen LogP contribution in [0.2, 0.25) is 0 Å². The predicted molar refractivity (Wildman–Crippen MR) is 74.3 cm³/mol. The normalized spacial score (nSPS) is 10.8. The Bertz CT molecular complexity index is 655. The van der Waals surface area contributed by atoms with E-state index in [0.29, 0.717) is 10.8 Å². The largest absolute Gasteiger partial charge is 0.505 e. The van der Waals surface area contributed by atoms with Crippen LogP contribution in [0.15, 0.2) is 17.5 Å². The lowest BCUT2D eigenvalue weighted by molar-refractivity contribution is -0.118. The molecule has 20 heavy (non-hydrogen) atoms. The summed E-state index contributed by atoms with van der Waals surface area (Å²) in [6.45, 7) is 3.51. The van der Waals surface area contributed by atoms with Gasteiger partial charge in [-0.1, -0.05) is 13.8 Å². The minimum atomic E-state index is -1.09. The van der Waals surface area contributed by atoms with Gasteiger partial charge in [0, 0.05) is 16.9 Å². The maximum Gasteiger partial charge on any atom is 0.228 e. The average Bonchev–Trinajstić information content (AvgIpc) is 2.84. The van der Waals surface area contributed by atoms with E-state index in [1.165, 1.54) is 17.4 Å². The first-order chi connectivity index (χ1) is 9.40. The zero-order valence-electron chi connectivity index (χ0n) is 10.8. The second-order valence-corrected chi connectivity index (χ2v) is 5.33. The Balaban J connectivity index is 2.30. The van der Waals surface area contributed by atoms with Gasteiger partial charge in [-0.3, -0.25) is 4.79 Å². The maximum absolute atomic E-state index is 13.4.